The van der Waals surface area contributed by atoms with Crippen molar-refractivity contribution in [1.82, 2.24) is 5.32 Å². The van der Waals surface area contributed by atoms with Gasteiger partial charge in [0.05, 0.1) is 4.92 Å². The minimum atomic E-state index is -0.351. The van der Waals surface area contributed by atoms with E-state index in [1.165, 1.54) is 12.8 Å². The van der Waals surface area contributed by atoms with Crippen molar-refractivity contribution in [3.05, 3.63) is 32.3 Å². The predicted molar refractivity (Wildman–Crippen MR) is 79.6 cm³/mol. The summed E-state index contributed by atoms with van der Waals surface area (Å²) < 4.78 is 0.749. The van der Waals surface area contributed by atoms with E-state index < -0.39 is 0 Å². The van der Waals surface area contributed by atoms with Gasteiger partial charge in [-0.25, -0.2) is 0 Å². The van der Waals surface area contributed by atoms with Crippen molar-refractivity contribution in [2.75, 3.05) is 25.0 Å². The molecule has 104 valence electrons. The molecule has 0 radical (unpaired) electrons. The van der Waals surface area contributed by atoms with Crippen molar-refractivity contribution in [3.63, 3.8) is 0 Å². The largest absolute Gasteiger partial charge is 0.384 e. The molecule has 0 spiro atoms. The van der Waals surface area contributed by atoms with Gasteiger partial charge in [0.25, 0.3) is 5.69 Å². The van der Waals surface area contributed by atoms with Gasteiger partial charge in [-0.15, -0.1) is 0 Å². The summed E-state index contributed by atoms with van der Waals surface area (Å²) in [6.07, 6.45) is 2.35. The van der Waals surface area contributed by atoms with Gasteiger partial charge in [0, 0.05) is 28.3 Å². The lowest BCUT2D eigenvalue weighted by Crippen LogP contribution is -2.31. The van der Waals surface area contributed by atoms with Crippen LogP contribution >= 0.6 is 15.9 Å². The molecule has 1 aromatic rings. The molecule has 2 N–H and O–H groups in total. The summed E-state index contributed by atoms with van der Waals surface area (Å²) in [5.41, 5.74) is 1.77. The number of nitrogens with one attached hydrogen (secondary N) is 2. The normalized spacial score (nSPS) is 16.3. The molecule has 0 unspecified atom stereocenters. The maximum atomic E-state index is 10.8. The first-order chi connectivity index (χ1) is 9.08. The number of nitro benzene ring substituents is 1. The highest BCUT2D eigenvalue weighted by Crippen LogP contribution is 2.31. The molecule has 1 aliphatic heterocycles. The molecule has 1 aliphatic rings. The van der Waals surface area contributed by atoms with Crippen LogP contribution in [0.2, 0.25) is 0 Å². The molecule has 1 heterocycles. The number of rotatable bonds is 4. The van der Waals surface area contributed by atoms with Crippen LogP contribution in [-0.2, 0) is 0 Å². The van der Waals surface area contributed by atoms with Gasteiger partial charge in [-0.3, -0.25) is 10.1 Å². The number of benzene rings is 1. The number of nitro groups is 1. The fourth-order valence-electron chi connectivity index (χ4n) is 2.34. The lowest BCUT2D eigenvalue weighted by molar-refractivity contribution is -0.385. The number of anilines is 1. The van der Waals surface area contributed by atoms with Crippen LogP contribution in [0.4, 0.5) is 11.4 Å². The predicted octanol–water partition coefficient (Wildman–Crippen LogP) is 3.08. The van der Waals surface area contributed by atoms with Gasteiger partial charge in [0.1, 0.15) is 0 Å². The first-order valence-corrected chi connectivity index (χ1v) is 7.26. The Morgan fingerprint density at radius 3 is 2.79 bits per heavy atom. The summed E-state index contributed by atoms with van der Waals surface area (Å²) in [5, 5.41) is 17.6. The van der Waals surface area contributed by atoms with Crippen LogP contribution in [0.5, 0.6) is 0 Å². The molecular weight excluding hydrogens is 310 g/mol. The van der Waals surface area contributed by atoms with Crippen LogP contribution in [-0.4, -0.2) is 24.6 Å². The Bertz CT molecular complexity index is 473. The zero-order valence-electron chi connectivity index (χ0n) is 10.9. The molecule has 5 nitrogen and oxygen atoms in total. The van der Waals surface area contributed by atoms with E-state index in [0.29, 0.717) is 11.5 Å². The molecule has 19 heavy (non-hydrogen) atoms. The Morgan fingerprint density at radius 2 is 2.16 bits per heavy atom. The molecule has 0 aliphatic carbocycles. The monoisotopic (exact) mass is 327 g/mol. The van der Waals surface area contributed by atoms with E-state index in [1.807, 2.05) is 6.07 Å². The van der Waals surface area contributed by atoms with E-state index in [-0.39, 0.29) is 10.6 Å². The van der Waals surface area contributed by atoms with E-state index >= 15 is 0 Å². The smallest absolute Gasteiger partial charge is 0.273 e. The van der Waals surface area contributed by atoms with Crippen LogP contribution in [0.1, 0.15) is 18.4 Å². The fraction of sp³-hybridized carbons (Fsp3) is 0.538. The van der Waals surface area contributed by atoms with Crippen LogP contribution < -0.4 is 10.6 Å². The third-order valence-electron chi connectivity index (χ3n) is 3.52. The van der Waals surface area contributed by atoms with E-state index in [9.17, 15) is 10.1 Å². The van der Waals surface area contributed by atoms with Crippen molar-refractivity contribution < 1.29 is 4.92 Å². The summed E-state index contributed by atoms with van der Waals surface area (Å²) >= 11 is 3.40. The molecule has 1 fully saturated rings. The first kappa shape index (κ1) is 14.3. The summed E-state index contributed by atoms with van der Waals surface area (Å²) in [6, 6.07) is 3.41. The van der Waals surface area contributed by atoms with Crippen LogP contribution in [0, 0.1) is 23.0 Å². The summed E-state index contributed by atoms with van der Waals surface area (Å²) in [5.74, 6) is 0.670. The molecule has 2 rings (SSSR count). The van der Waals surface area contributed by atoms with Gasteiger partial charge >= 0.3 is 0 Å². The zero-order chi connectivity index (χ0) is 13.8. The molecule has 0 aromatic heterocycles. The number of nitrogens with zero attached hydrogens (tertiary/aromatic N) is 1. The number of hydrogen-bond acceptors (Lipinski definition) is 4. The molecule has 0 amide bonds. The Labute approximate surface area is 121 Å². The molecule has 0 atom stereocenters. The number of piperidine rings is 1. The van der Waals surface area contributed by atoms with E-state index in [1.54, 1.807) is 13.0 Å². The number of aryl methyl sites for hydroxylation is 1. The number of halogens is 1. The highest BCUT2D eigenvalue weighted by Gasteiger charge is 2.16. The van der Waals surface area contributed by atoms with Crippen molar-refractivity contribution in [2.45, 2.75) is 19.8 Å². The van der Waals surface area contributed by atoms with E-state index in [2.05, 4.69) is 26.6 Å². The van der Waals surface area contributed by atoms with E-state index in [0.717, 1.165) is 29.8 Å². The summed E-state index contributed by atoms with van der Waals surface area (Å²) in [7, 11) is 0. The van der Waals surface area contributed by atoms with Crippen molar-refractivity contribution >= 4 is 27.3 Å². The van der Waals surface area contributed by atoms with Crippen LogP contribution in [0.3, 0.4) is 0 Å². The third-order valence-corrected chi connectivity index (χ3v) is 4.18. The fourth-order valence-corrected chi connectivity index (χ4v) is 2.81. The summed E-state index contributed by atoms with van der Waals surface area (Å²) in [6.45, 7) is 4.83. The minimum Gasteiger partial charge on any atom is -0.384 e. The lowest BCUT2D eigenvalue weighted by Gasteiger charge is -2.23. The molecule has 1 aromatic carbocycles. The maximum Gasteiger partial charge on any atom is 0.273 e. The molecular formula is C13H18BrN3O2. The maximum absolute atomic E-state index is 10.8. The Balaban J connectivity index is 2.04. The van der Waals surface area contributed by atoms with Crippen molar-refractivity contribution in [2.24, 2.45) is 5.92 Å². The molecule has 0 bridgehead atoms. The van der Waals surface area contributed by atoms with Crippen LogP contribution in [0.15, 0.2) is 16.6 Å². The highest BCUT2D eigenvalue weighted by atomic mass is 79.9. The van der Waals surface area contributed by atoms with Gasteiger partial charge in [-0.1, -0.05) is 0 Å². The highest BCUT2D eigenvalue weighted by molar-refractivity contribution is 9.10. The second-order valence-electron chi connectivity index (χ2n) is 4.95. The summed E-state index contributed by atoms with van der Waals surface area (Å²) in [4.78, 5) is 10.5. The van der Waals surface area contributed by atoms with Gasteiger partial charge in [-0.2, -0.15) is 0 Å². The minimum absolute atomic E-state index is 0.152. The van der Waals surface area contributed by atoms with E-state index in [4.69, 9.17) is 0 Å². The van der Waals surface area contributed by atoms with Crippen LogP contribution in [0.25, 0.3) is 0 Å². The lowest BCUT2D eigenvalue weighted by atomic mass is 9.98. The van der Waals surface area contributed by atoms with Crippen molar-refractivity contribution in [3.8, 4) is 0 Å². The second kappa shape index (κ2) is 6.34. The average molecular weight is 328 g/mol. The first-order valence-electron chi connectivity index (χ1n) is 6.47. The second-order valence-corrected chi connectivity index (χ2v) is 5.80. The Hall–Kier alpha value is -1.14. The third kappa shape index (κ3) is 3.67. The molecule has 1 saturated heterocycles. The van der Waals surface area contributed by atoms with Gasteiger partial charge in [-0.05, 0) is 60.8 Å². The molecule has 0 saturated carbocycles. The quantitative estimate of drug-likeness (QED) is 0.658. The standard InChI is InChI=1S/C13H18BrN3O2/c1-9-6-12(11(14)7-13(9)17(18)19)16-8-10-2-4-15-5-3-10/h6-7,10,15-16H,2-5,8H2,1H3. The molecule has 6 heteroatoms. The van der Waals surface area contributed by atoms with Gasteiger partial charge in [0.2, 0.25) is 0 Å². The average Bonchev–Trinajstić information content (AvgIpc) is 2.40. The SMILES string of the molecule is Cc1cc(NCC2CCNCC2)c(Br)cc1[N+](=O)[O-]. The van der Waals surface area contributed by atoms with Crippen molar-refractivity contribution in [1.29, 1.82) is 0 Å². The topological polar surface area (TPSA) is 67.2 Å². The Morgan fingerprint density at radius 1 is 1.47 bits per heavy atom. The van der Waals surface area contributed by atoms with Gasteiger partial charge < -0.3 is 10.6 Å². The number of hydrogen-bond donors (Lipinski definition) is 2. The zero-order valence-corrected chi connectivity index (χ0v) is 12.5. The van der Waals surface area contributed by atoms with Gasteiger partial charge in [0.15, 0.2) is 0 Å². The Kier molecular flexibility index (Phi) is 4.76.